The van der Waals surface area contributed by atoms with E-state index in [1.807, 2.05) is 12.3 Å². The number of rotatable bonds is 3. The van der Waals surface area contributed by atoms with Crippen LogP contribution in [0, 0.1) is 0 Å². The number of β-amino-alcohol motifs (C(OH)–C–C–N with tert-alkyl or cyclic N) is 1. The predicted molar refractivity (Wildman–Crippen MR) is 86.2 cm³/mol. The Kier molecular flexibility index (Phi) is 3.62. The number of hydrogen-bond acceptors (Lipinski definition) is 7. The lowest BCUT2D eigenvalue weighted by Gasteiger charge is -2.29. The van der Waals surface area contributed by atoms with E-state index in [-0.39, 0.29) is 12.1 Å². The summed E-state index contributed by atoms with van der Waals surface area (Å²) in [6.07, 6.45) is 4.75. The first-order valence-electron chi connectivity index (χ1n) is 7.97. The number of aromatic amines is 1. The standard InChI is InChI=1S/C15H21N7O/c16-5-11-3-12(23)8-22(11)15-4-14(17-9-18-15)21-2-1-13-10(7-21)6-19-20-13/h4,6,9,11-12,23H,1-3,5,7-8,16H2,(H,19,20)/t11-,12-/m1/s1. The zero-order chi connectivity index (χ0) is 15.8. The Balaban J connectivity index is 1.57. The van der Waals surface area contributed by atoms with Gasteiger partial charge in [-0.15, -0.1) is 0 Å². The van der Waals surface area contributed by atoms with E-state index in [4.69, 9.17) is 5.73 Å². The fourth-order valence-electron chi connectivity index (χ4n) is 3.48. The second kappa shape index (κ2) is 5.78. The van der Waals surface area contributed by atoms with E-state index in [1.54, 1.807) is 6.33 Å². The van der Waals surface area contributed by atoms with Gasteiger partial charge in [0.15, 0.2) is 0 Å². The SMILES string of the molecule is NC[C@H]1C[C@@H](O)CN1c1cc(N2CCc3[nH]ncc3C2)ncn1. The second-order valence-electron chi connectivity index (χ2n) is 6.21. The summed E-state index contributed by atoms with van der Waals surface area (Å²) in [6, 6.07) is 2.13. The molecular weight excluding hydrogens is 294 g/mol. The number of fused-ring (bicyclic) bond motifs is 1. The summed E-state index contributed by atoms with van der Waals surface area (Å²) in [5, 5.41) is 17.1. The molecule has 2 aromatic heterocycles. The predicted octanol–water partition coefficient (Wildman–Crippen LogP) is -0.339. The van der Waals surface area contributed by atoms with Gasteiger partial charge >= 0.3 is 0 Å². The van der Waals surface area contributed by atoms with Crippen molar-refractivity contribution < 1.29 is 5.11 Å². The number of nitrogens with zero attached hydrogens (tertiary/aromatic N) is 5. The molecule has 0 bridgehead atoms. The molecule has 0 amide bonds. The van der Waals surface area contributed by atoms with Crippen LogP contribution in [0.4, 0.5) is 11.6 Å². The van der Waals surface area contributed by atoms with Crippen LogP contribution in [0.2, 0.25) is 0 Å². The van der Waals surface area contributed by atoms with Crippen LogP contribution in [-0.2, 0) is 13.0 Å². The van der Waals surface area contributed by atoms with Crippen LogP contribution in [-0.4, -0.2) is 57.1 Å². The van der Waals surface area contributed by atoms with Crippen molar-refractivity contribution in [3.05, 3.63) is 29.8 Å². The summed E-state index contributed by atoms with van der Waals surface area (Å²) in [7, 11) is 0. The van der Waals surface area contributed by atoms with Gasteiger partial charge < -0.3 is 20.6 Å². The van der Waals surface area contributed by atoms with E-state index in [0.717, 1.165) is 31.1 Å². The minimum atomic E-state index is -0.342. The topological polar surface area (TPSA) is 107 Å². The Morgan fingerprint density at radius 3 is 3.09 bits per heavy atom. The van der Waals surface area contributed by atoms with Crippen molar-refractivity contribution in [2.24, 2.45) is 5.73 Å². The van der Waals surface area contributed by atoms with E-state index >= 15 is 0 Å². The van der Waals surface area contributed by atoms with E-state index in [0.29, 0.717) is 19.5 Å². The number of H-pyrrole nitrogens is 1. The third-order valence-corrected chi connectivity index (χ3v) is 4.72. The first-order chi connectivity index (χ1) is 11.2. The monoisotopic (exact) mass is 315 g/mol. The number of nitrogens with one attached hydrogen (secondary N) is 1. The molecule has 2 aromatic rings. The van der Waals surface area contributed by atoms with Gasteiger partial charge in [0.05, 0.1) is 12.3 Å². The smallest absolute Gasteiger partial charge is 0.134 e. The van der Waals surface area contributed by atoms with Crippen molar-refractivity contribution in [3.8, 4) is 0 Å². The van der Waals surface area contributed by atoms with Gasteiger partial charge in [0.25, 0.3) is 0 Å². The van der Waals surface area contributed by atoms with Crippen LogP contribution in [0.3, 0.4) is 0 Å². The zero-order valence-electron chi connectivity index (χ0n) is 12.9. The fourth-order valence-corrected chi connectivity index (χ4v) is 3.48. The molecule has 0 aliphatic carbocycles. The highest BCUT2D eigenvalue weighted by molar-refractivity contribution is 5.52. The maximum absolute atomic E-state index is 9.90. The molecule has 8 nitrogen and oxygen atoms in total. The number of anilines is 2. The van der Waals surface area contributed by atoms with Crippen molar-refractivity contribution in [1.29, 1.82) is 0 Å². The average Bonchev–Trinajstić information content (AvgIpc) is 3.20. The van der Waals surface area contributed by atoms with Gasteiger partial charge in [-0.25, -0.2) is 9.97 Å². The molecule has 2 aliphatic rings. The third-order valence-electron chi connectivity index (χ3n) is 4.72. The normalized spacial score (nSPS) is 24.1. The van der Waals surface area contributed by atoms with E-state index < -0.39 is 0 Å². The molecule has 0 unspecified atom stereocenters. The highest BCUT2D eigenvalue weighted by Crippen LogP contribution is 2.27. The molecule has 2 atom stereocenters. The lowest BCUT2D eigenvalue weighted by atomic mass is 10.1. The minimum absolute atomic E-state index is 0.134. The molecule has 0 spiro atoms. The summed E-state index contributed by atoms with van der Waals surface area (Å²) in [6.45, 7) is 2.78. The largest absolute Gasteiger partial charge is 0.391 e. The molecule has 2 aliphatic heterocycles. The number of nitrogens with two attached hydrogens (primary N) is 1. The van der Waals surface area contributed by atoms with Crippen LogP contribution >= 0.6 is 0 Å². The average molecular weight is 315 g/mol. The second-order valence-corrected chi connectivity index (χ2v) is 6.21. The molecule has 4 rings (SSSR count). The Morgan fingerprint density at radius 1 is 1.35 bits per heavy atom. The molecule has 1 saturated heterocycles. The summed E-state index contributed by atoms with van der Waals surface area (Å²) >= 11 is 0. The molecule has 0 radical (unpaired) electrons. The van der Waals surface area contributed by atoms with E-state index in [9.17, 15) is 5.11 Å². The summed E-state index contributed by atoms with van der Waals surface area (Å²) in [4.78, 5) is 13.1. The van der Waals surface area contributed by atoms with Crippen LogP contribution in [0.15, 0.2) is 18.6 Å². The maximum Gasteiger partial charge on any atom is 0.134 e. The Hall–Kier alpha value is -2.19. The molecule has 23 heavy (non-hydrogen) atoms. The molecule has 0 aromatic carbocycles. The molecule has 122 valence electrons. The van der Waals surface area contributed by atoms with Gasteiger partial charge in [-0.2, -0.15) is 5.10 Å². The summed E-state index contributed by atoms with van der Waals surface area (Å²) < 4.78 is 0. The molecule has 4 N–H and O–H groups in total. The first kappa shape index (κ1) is 14.4. The third kappa shape index (κ3) is 2.64. The van der Waals surface area contributed by atoms with E-state index in [1.165, 1.54) is 11.3 Å². The number of aromatic nitrogens is 4. The van der Waals surface area contributed by atoms with Gasteiger partial charge in [-0.05, 0) is 6.42 Å². The van der Waals surface area contributed by atoms with E-state index in [2.05, 4.69) is 30.0 Å². The van der Waals surface area contributed by atoms with Crippen LogP contribution in [0.1, 0.15) is 17.7 Å². The van der Waals surface area contributed by atoms with Crippen molar-refractivity contribution in [2.75, 3.05) is 29.4 Å². The number of hydrogen-bond donors (Lipinski definition) is 3. The Morgan fingerprint density at radius 2 is 2.22 bits per heavy atom. The highest BCUT2D eigenvalue weighted by atomic mass is 16.3. The molecule has 8 heteroatoms. The fraction of sp³-hybridized carbons (Fsp3) is 0.533. The van der Waals surface area contributed by atoms with Crippen molar-refractivity contribution >= 4 is 11.6 Å². The molecule has 0 saturated carbocycles. The Labute approximate surface area is 134 Å². The van der Waals surface area contributed by atoms with Crippen LogP contribution in [0.25, 0.3) is 0 Å². The van der Waals surface area contributed by atoms with Gasteiger partial charge in [0.1, 0.15) is 18.0 Å². The van der Waals surface area contributed by atoms with Crippen molar-refractivity contribution in [1.82, 2.24) is 20.2 Å². The summed E-state index contributed by atoms with van der Waals surface area (Å²) in [5.74, 6) is 1.74. The molecule has 1 fully saturated rings. The van der Waals surface area contributed by atoms with Gasteiger partial charge in [-0.1, -0.05) is 0 Å². The van der Waals surface area contributed by atoms with Crippen molar-refractivity contribution in [3.63, 3.8) is 0 Å². The first-order valence-corrected chi connectivity index (χ1v) is 7.97. The molecular formula is C15H21N7O. The van der Waals surface area contributed by atoms with Gasteiger partial charge in [0, 0.05) is 56.0 Å². The van der Waals surface area contributed by atoms with Crippen molar-refractivity contribution in [2.45, 2.75) is 31.5 Å². The maximum atomic E-state index is 9.90. The zero-order valence-corrected chi connectivity index (χ0v) is 12.9. The highest BCUT2D eigenvalue weighted by Gasteiger charge is 2.31. The van der Waals surface area contributed by atoms with Crippen LogP contribution < -0.4 is 15.5 Å². The lowest BCUT2D eigenvalue weighted by Crippen LogP contribution is -2.36. The quantitative estimate of drug-likeness (QED) is 0.711. The Bertz CT molecular complexity index is 688. The minimum Gasteiger partial charge on any atom is -0.391 e. The van der Waals surface area contributed by atoms with Crippen LogP contribution in [0.5, 0.6) is 0 Å². The number of aliphatic hydroxyl groups excluding tert-OH is 1. The number of aliphatic hydroxyl groups is 1. The molecule has 4 heterocycles. The lowest BCUT2D eigenvalue weighted by molar-refractivity contribution is 0.194. The summed E-state index contributed by atoms with van der Waals surface area (Å²) in [5.41, 5.74) is 8.25. The van der Waals surface area contributed by atoms with Gasteiger partial charge in [-0.3, -0.25) is 5.10 Å². The van der Waals surface area contributed by atoms with Gasteiger partial charge in [0.2, 0.25) is 0 Å².